The number of ether oxygens (including phenoxy) is 1. The molecule has 19 heavy (non-hydrogen) atoms. The molecule has 1 N–H and O–H groups in total. The van der Waals surface area contributed by atoms with Gasteiger partial charge in [0.1, 0.15) is 5.82 Å². The zero-order chi connectivity index (χ0) is 14.5. The fourth-order valence-electron chi connectivity index (χ4n) is 1.81. The van der Waals surface area contributed by atoms with Crippen molar-refractivity contribution in [2.45, 2.75) is 18.8 Å². The van der Waals surface area contributed by atoms with Gasteiger partial charge in [-0.3, -0.25) is 14.0 Å². The molecule has 0 spiro atoms. The number of carbonyl (C=O) groups is 2. The summed E-state index contributed by atoms with van der Waals surface area (Å²) in [7, 11) is 0. The molecule has 1 unspecified atom stereocenters. The van der Waals surface area contributed by atoms with Crippen LogP contribution in [0.2, 0.25) is 0 Å². The maximum absolute atomic E-state index is 12.9. The van der Waals surface area contributed by atoms with Crippen molar-refractivity contribution in [1.82, 2.24) is 0 Å². The molecule has 0 aliphatic rings. The topological polar surface area (TPSA) is 63.6 Å². The number of halogens is 2. The average Bonchev–Trinajstić information content (AvgIpc) is 2.37. The van der Waals surface area contributed by atoms with Crippen LogP contribution in [0.1, 0.15) is 18.9 Å². The number of hydrogen-bond donors (Lipinski definition) is 1. The van der Waals surface area contributed by atoms with Crippen LogP contribution in [0.3, 0.4) is 0 Å². The van der Waals surface area contributed by atoms with Crippen LogP contribution >= 0.6 is 0 Å². The van der Waals surface area contributed by atoms with Crippen molar-refractivity contribution in [3.05, 3.63) is 35.6 Å². The van der Waals surface area contributed by atoms with Gasteiger partial charge in [0, 0.05) is 6.42 Å². The van der Waals surface area contributed by atoms with Gasteiger partial charge >= 0.3 is 11.9 Å². The van der Waals surface area contributed by atoms with Gasteiger partial charge in [-0.1, -0.05) is 12.1 Å². The number of esters is 1. The van der Waals surface area contributed by atoms with Gasteiger partial charge < -0.3 is 9.84 Å². The van der Waals surface area contributed by atoms with Gasteiger partial charge in [0.15, 0.2) is 5.41 Å². The molecule has 0 fully saturated rings. The maximum atomic E-state index is 12.9. The van der Waals surface area contributed by atoms with E-state index in [9.17, 15) is 23.5 Å². The number of aliphatic carboxylic acids is 1. The predicted octanol–water partition coefficient (Wildman–Crippen LogP) is 2.07. The molecule has 0 aliphatic heterocycles. The molecule has 1 rings (SSSR count). The van der Waals surface area contributed by atoms with Gasteiger partial charge in [-0.15, -0.1) is 0 Å². The standard InChI is InChI=1S/C13H14F2O4/c1-2-19-12(18)13(7-8-14,11(16)17)9-3-5-10(15)6-4-9/h3-6H,2,7-8H2,1H3,(H,16,17). The highest BCUT2D eigenvalue weighted by atomic mass is 19.1. The van der Waals surface area contributed by atoms with E-state index < -0.39 is 36.3 Å². The first kappa shape index (κ1) is 15.1. The predicted molar refractivity (Wildman–Crippen MR) is 62.9 cm³/mol. The van der Waals surface area contributed by atoms with Crippen molar-refractivity contribution < 1.29 is 28.2 Å². The maximum Gasteiger partial charge on any atom is 0.328 e. The Bertz CT molecular complexity index is 458. The van der Waals surface area contributed by atoms with E-state index in [1.54, 1.807) is 0 Å². The van der Waals surface area contributed by atoms with E-state index in [4.69, 9.17) is 4.74 Å². The molecular weight excluding hydrogens is 258 g/mol. The number of carbonyl (C=O) groups excluding carboxylic acids is 1. The highest BCUT2D eigenvalue weighted by molar-refractivity contribution is 6.05. The summed E-state index contributed by atoms with van der Waals surface area (Å²) >= 11 is 0. The third kappa shape index (κ3) is 2.89. The number of rotatable bonds is 6. The fraction of sp³-hybridized carbons (Fsp3) is 0.385. The molecule has 0 radical (unpaired) electrons. The van der Waals surface area contributed by atoms with E-state index in [0.717, 1.165) is 24.3 Å². The lowest BCUT2D eigenvalue weighted by atomic mass is 9.78. The highest BCUT2D eigenvalue weighted by Gasteiger charge is 2.49. The van der Waals surface area contributed by atoms with Gasteiger partial charge in [0.25, 0.3) is 0 Å². The minimum absolute atomic E-state index is 0.00231. The van der Waals surface area contributed by atoms with Crippen LogP contribution in [0.5, 0.6) is 0 Å². The van der Waals surface area contributed by atoms with Gasteiger partial charge in [-0.05, 0) is 24.6 Å². The van der Waals surface area contributed by atoms with Crippen molar-refractivity contribution in [1.29, 1.82) is 0 Å². The Hall–Kier alpha value is -1.98. The SMILES string of the molecule is CCOC(=O)C(CCF)(C(=O)O)c1ccc(F)cc1. The van der Waals surface area contributed by atoms with Crippen molar-refractivity contribution in [3.63, 3.8) is 0 Å². The number of benzene rings is 1. The smallest absolute Gasteiger partial charge is 0.328 e. The van der Waals surface area contributed by atoms with Gasteiger partial charge in [0.2, 0.25) is 0 Å². The Morgan fingerprint density at radius 1 is 1.32 bits per heavy atom. The lowest BCUT2D eigenvalue weighted by Crippen LogP contribution is -2.45. The quantitative estimate of drug-likeness (QED) is 0.636. The van der Waals surface area contributed by atoms with Crippen molar-refractivity contribution in [2.75, 3.05) is 13.3 Å². The first-order valence-electron chi connectivity index (χ1n) is 5.71. The van der Waals surface area contributed by atoms with E-state index in [2.05, 4.69) is 0 Å². The molecule has 0 aliphatic carbocycles. The van der Waals surface area contributed by atoms with Crippen LogP contribution in [-0.4, -0.2) is 30.3 Å². The molecule has 1 atom stereocenters. The molecule has 0 heterocycles. The lowest BCUT2D eigenvalue weighted by Gasteiger charge is -2.26. The molecule has 0 aromatic heterocycles. The average molecular weight is 272 g/mol. The lowest BCUT2D eigenvalue weighted by molar-refractivity contribution is -0.162. The molecular formula is C13H14F2O4. The van der Waals surface area contributed by atoms with Crippen LogP contribution in [-0.2, 0) is 19.7 Å². The number of hydrogen-bond acceptors (Lipinski definition) is 3. The van der Waals surface area contributed by atoms with Gasteiger partial charge in [-0.2, -0.15) is 0 Å². The van der Waals surface area contributed by atoms with Crippen LogP contribution in [0.4, 0.5) is 8.78 Å². The summed E-state index contributed by atoms with van der Waals surface area (Å²) < 4.78 is 30.3. The summed E-state index contributed by atoms with van der Waals surface area (Å²) in [5.41, 5.74) is -2.14. The first-order valence-corrected chi connectivity index (χ1v) is 5.71. The number of alkyl halides is 1. The molecule has 4 nitrogen and oxygen atoms in total. The second-order valence-corrected chi connectivity index (χ2v) is 3.88. The highest BCUT2D eigenvalue weighted by Crippen LogP contribution is 2.31. The monoisotopic (exact) mass is 272 g/mol. The number of carboxylic acid groups (broad SMARTS) is 1. The molecule has 0 saturated carbocycles. The Balaban J connectivity index is 3.34. The van der Waals surface area contributed by atoms with Crippen LogP contribution in [0.15, 0.2) is 24.3 Å². The summed E-state index contributed by atoms with van der Waals surface area (Å²) in [6.07, 6.45) is -0.563. The third-order valence-corrected chi connectivity index (χ3v) is 2.80. The molecule has 0 saturated heterocycles. The van der Waals surface area contributed by atoms with E-state index in [1.165, 1.54) is 6.92 Å². The summed E-state index contributed by atoms with van der Waals surface area (Å²) in [6, 6.07) is 4.33. The molecule has 104 valence electrons. The van der Waals surface area contributed by atoms with Gasteiger partial charge in [0.05, 0.1) is 13.3 Å². The largest absolute Gasteiger partial charge is 0.480 e. The Morgan fingerprint density at radius 3 is 2.32 bits per heavy atom. The van der Waals surface area contributed by atoms with E-state index >= 15 is 0 Å². The zero-order valence-electron chi connectivity index (χ0n) is 10.4. The summed E-state index contributed by atoms with van der Waals surface area (Å²) in [6.45, 7) is 0.481. The van der Waals surface area contributed by atoms with Crippen LogP contribution in [0, 0.1) is 5.82 Å². The van der Waals surface area contributed by atoms with Crippen molar-refractivity contribution in [2.24, 2.45) is 0 Å². The Morgan fingerprint density at radius 2 is 1.89 bits per heavy atom. The second-order valence-electron chi connectivity index (χ2n) is 3.88. The van der Waals surface area contributed by atoms with E-state index in [1.807, 2.05) is 0 Å². The minimum Gasteiger partial charge on any atom is -0.480 e. The van der Waals surface area contributed by atoms with Crippen molar-refractivity contribution >= 4 is 11.9 Å². The molecule has 1 aromatic carbocycles. The summed E-state index contributed by atoms with van der Waals surface area (Å²) in [5, 5.41) is 9.31. The molecule has 6 heteroatoms. The van der Waals surface area contributed by atoms with Crippen molar-refractivity contribution in [3.8, 4) is 0 Å². The fourth-order valence-corrected chi connectivity index (χ4v) is 1.81. The molecule has 1 aromatic rings. The molecule has 0 bridgehead atoms. The zero-order valence-corrected chi connectivity index (χ0v) is 10.4. The van der Waals surface area contributed by atoms with E-state index in [-0.39, 0.29) is 12.2 Å². The molecule has 0 amide bonds. The van der Waals surface area contributed by atoms with Crippen LogP contribution < -0.4 is 0 Å². The normalized spacial score (nSPS) is 13.6. The van der Waals surface area contributed by atoms with E-state index in [0.29, 0.717) is 0 Å². The number of carboxylic acids is 1. The Kier molecular flexibility index (Phi) is 4.97. The second kappa shape index (κ2) is 6.26. The summed E-state index contributed by atoms with van der Waals surface area (Å²) in [4.78, 5) is 23.4. The van der Waals surface area contributed by atoms with Crippen LogP contribution in [0.25, 0.3) is 0 Å². The van der Waals surface area contributed by atoms with Gasteiger partial charge in [-0.25, -0.2) is 4.39 Å². The minimum atomic E-state index is -2.14. The summed E-state index contributed by atoms with van der Waals surface area (Å²) in [5.74, 6) is -3.14. The third-order valence-electron chi connectivity index (χ3n) is 2.80. The first-order chi connectivity index (χ1) is 8.98. The Labute approximate surface area is 109 Å².